The van der Waals surface area contributed by atoms with Crippen LogP contribution < -0.4 is 9.83 Å². The van der Waals surface area contributed by atoms with Gasteiger partial charge in [-0.15, -0.1) is 0 Å². The average Bonchev–Trinajstić information content (AvgIpc) is 2.37. The molecule has 0 aliphatic carbocycles. The second kappa shape index (κ2) is 5.53. The molecule has 7 heteroatoms. The van der Waals surface area contributed by atoms with Gasteiger partial charge < -0.3 is 9.90 Å². The minimum Gasteiger partial charge on any atom is -0.545 e. The standard InChI is InChI=1S/C14H12FNO4S/c1-9-7-11(15)5-6-13(9)21(19,20)16-12-4-2-3-10(8-12)14(17)18/h2-8,16H,1H3,(H,17,18)/p-1. The number of rotatable bonds is 4. The highest BCUT2D eigenvalue weighted by Crippen LogP contribution is 2.20. The van der Waals surface area contributed by atoms with Crippen LogP contribution in [0, 0.1) is 12.7 Å². The van der Waals surface area contributed by atoms with Crippen LogP contribution in [0.15, 0.2) is 47.4 Å². The second-order valence-corrected chi connectivity index (χ2v) is 6.03. The van der Waals surface area contributed by atoms with E-state index < -0.39 is 21.8 Å². The molecule has 0 saturated heterocycles. The maximum absolute atomic E-state index is 13.0. The van der Waals surface area contributed by atoms with Gasteiger partial charge in [-0.3, -0.25) is 4.72 Å². The summed E-state index contributed by atoms with van der Waals surface area (Å²) in [5, 5.41) is 10.8. The minimum atomic E-state index is -3.93. The molecule has 1 N–H and O–H groups in total. The van der Waals surface area contributed by atoms with E-state index >= 15 is 0 Å². The van der Waals surface area contributed by atoms with Crippen molar-refractivity contribution < 1.29 is 22.7 Å². The number of aryl methyl sites for hydroxylation is 1. The lowest BCUT2D eigenvalue weighted by atomic mass is 10.2. The quantitative estimate of drug-likeness (QED) is 0.922. The molecule has 0 radical (unpaired) electrons. The van der Waals surface area contributed by atoms with Crippen LogP contribution in [-0.2, 0) is 10.0 Å². The molecule has 0 spiro atoms. The lowest BCUT2D eigenvalue weighted by Gasteiger charge is -2.11. The van der Waals surface area contributed by atoms with Gasteiger partial charge in [-0.05, 0) is 48.4 Å². The van der Waals surface area contributed by atoms with Crippen LogP contribution in [0.1, 0.15) is 15.9 Å². The molecule has 2 aromatic carbocycles. The van der Waals surface area contributed by atoms with Gasteiger partial charge in [0.1, 0.15) is 5.82 Å². The number of carboxylic acids is 1. The Hall–Kier alpha value is -2.41. The zero-order chi connectivity index (χ0) is 15.6. The Bertz CT molecular complexity index is 802. The van der Waals surface area contributed by atoms with Gasteiger partial charge in [-0.25, -0.2) is 12.8 Å². The molecular weight excluding hydrogens is 297 g/mol. The maximum atomic E-state index is 13.0. The number of hydrogen-bond donors (Lipinski definition) is 1. The van der Waals surface area contributed by atoms with Crippen molar-refractivity contribution in [2.75, 3.05) is 4.72 Å². The summed E-state index contributed by atoms with van der Waals surface area (Å²) >= 11 is 0. The summed E-state index contributed by atoms with van der Waals surface area (Å²) in [4.78, 5) is 10.7. The number of hydrogen-bond acceptors (Lipinski definition) is 4. The van der Waals surface area contributed by atoms with Crippen LogP contribution >= 0.6 is 0 Å². The number of aromatic carboxylic acids is 1. The highest BCUT2D eigenvalue weighted by Gasteiger charge is 2.17. The molecule has 0 aliphatic heterocycles. The van der Waals surface area contributed by atoms with E-state index in [2.05, 4.69) is 4.72 Å². The largest absolute Gasteiger partial charge is 0.545 e. The van der Waals surface area contributed by atoms with Crippen molar-refractivity contribution in [3.05, 3.63) is 59.4 Å². The van der Waals surface area contributed by atoms with Gasteiger partial charge in [0.2, 0.25) is 0 Å². The number of carbonyl (C=O) groups excluding carboxylic acids is 1. The van der Waals surface area contributed by atoms with E-state index in [0.717, 1.165) is 24.3 Å². The molecule has 0 amide bonds. The SMILES string of the molecule is Cc1cc(F)ccc1S(=O)(=O)Nc1cccc(C(=O)[O-])c1. The summed E-state index contributed by atoms with van der Waals surface area (Å²) in [7, 11) is -3.93. The fourth-order valence-corrected chi connectivity index (χ4v) is 3.11. The molecule has 5 nitrogen and oxygen atoms in total. The van der Waals surface area contributed by atoms with E-state index in [1.807, 2.05) is 0 Å². The number of carboxylic acid groups (broad SMARTS) is 1. The molecule has 0 atom stereocenters. The number of carbonyl (C=O) groups is 1. The molecule has 0 saturated carbocycles. The van der Waals surface area contributed by atoms with Crippen molar-refractivity contribution in [2.24, 2.45) is 0 Å². The third-order valence-corrected chi connectivity index (χ3v) is 4.32. The monoisotopic (exact) mass is 308 g/mol. The Kier molecular flexibility index (Phi) is 3.95. The number of benzene rings is 2. The van der Waals surface area contributed by atoms with Crippen LogP contribution in [0.2, 0.25) is 0 Å². The smallest absolute Gasteiger partial charge is 0.262 e. The molecule has 2 rings (SSSR count). The highest BCUT2D eigenvalue weighted by atomic mass is 32.2. The van der Waals surface area contributed by atoms with Gasteiger partial charge in [0, 0.05) is 5.69 Å². The first-order chi connectivity index (χ1) is 9.79. The van der Waals surface area contributed by atoms with Gasteiger partial charge >= 0.3 is 0 Å². The van der Waals surface area contributed by atoms with Crippen molar-refractivity contribution in [3.8, 4) is 0 Å². The maximum Gasteiger partial charge on any atom is 0.262 e. The number of halogens is 1. The Morgan fingerprint density at radius 1 is 1.19 bits per heavy atom. The van der Waals surface area contributed by atoms with Crippen molar-refractivity contribution in [2.45, 2.75) is 11.8 Å². The van der Waals surface area contributed by atoms with Crippen LogP contribution in [0.25, 0.3) is 0 Å². The van der Waals surface area contributed by atoms with Crippen molar-refractivity contribution in [1.29, 1.82) is 0 Å². The fourth-order valence-electron chi connectivity index (χ4n) is 1.83. The normalized spacial score (nSPS) is 11.1. The van der Waals surface area contributed by atoms with Crippen molar-refractivity contribution >= 4 is 21.7 Å². The van der Waals surface area contributed by atoms with Crippen LogP contribution in [-0.4, -0.2) is 14.4 Å². The molecule has 0 bridgehead atoms. The summed E-state index contributed by atoms with van der Waals surface area (Å²) < 4.78 is 39.7. The first-order valence-corrected chi connectivity index (χ1v) is 7.38. The summed E-state index contributed by atoms with van der Waals surface area (Å²) in [6.07, 6.45) is 0. The number of sulfonamides is 1. The molecule has 0 aromatic heterocycles. The zero-order valence-corrected chi connectivity index (χ0v) is 11.8. The predicted molar refractivity (Wildman–Crippen MR) is 72.7 cm³/mol. The van der Waals surface area contributed by atoms with E-state index in [0.29, 0.717) is 0 Å². The molecule has 0 aliphatic rings. The van der Waals surface area contributed by atoms with Gasteiger partial charge in [-0.2, -0.15) is 0 Å². The molecule has 2 aromatic rings. The Morgan fingerprint density at radius 2 is 1.90 bits per heavy atom. The summed E-state index contributed by atoms with van der Waals surface area (Å²) in [6.45, 7) is 1.47. The molecular formula is C14H11FNO4S-. The highest BCUT2D eigenvalue weighted by molar-refractivity contribution is 7.92. The van der Waals surface area contributed by atoms with E-state index in [4.69, 9.17) is 0 Å². The van der Waals surface area contributed by atoms with Gasteiger partial charge in [0.25, 0.3) is 10.0 Å². The zero-order valence-electron chi connectivity index (χ0n) is 11.0. The third kappa shape index (κ3) is 3.38. The topological polar surface area (TPSA) is 86.3 Å². The first kappa shape index (κ1) is 15.0. The Labute approximate surface area is 121 Å². The van der Waals surface area contributed by atoms with Crippen molar-refractivity contribution in [3.63, 3.8) is 0 Å². The number of anilines is 1. The van der Waals surface area contributed by atoms with E-state index in [1.54, 1.807) is 0 Å². The predicted octanol–water partition coefficient (Wildman–Crippen LogP) is 1.30. The van der Waals surface area contributed by atoms with Crippen LogP contribution in [0.4, 0.5) is 10.1 Å². The Morgan fingerprint density at radius 3 is 2.52 bits per heavy atom. The average molecular weight is 308 g/mol. The minimum absolute atomic E-state index is 0.0808. The summed E-state index contributed by atoms with van der Waals surface area (Å²) in [6, 6.07) is 8.52. The van der Waals surface area contributed by atoms with Crippen LogP contribution in [0.3, 0.4) is 0 Å². The van der Waals surface area contributed by atoms with Gasteiger partial charge in [0.05, 0.1) is 10.9 Å². The van der Waals surface area contributed by atoms with E-state index in [1.165, 1.54) is 25.1 Å². The lowest BCUT2D eigenvalue weighted by molar-refractivity contribution is -0.255. The Balaban J connectivity index is 2.37. The van der Waals surface area contributed by atoms with Crippen molar-refractivity contribution in [1.82, 2.24) is 0 Å². The second-order valence-electron chi connectivity index (χ2n) is 4.38. The van der Waals surface area contributed by atoms with Crippen LogP contribution in [0.5, 0.6) is 0 Å². The fraction of sp³-hybridized carbons (Fsp3) is 0.0714. The first-order valence-electron chi connectivity index (χ1n) is 5.90. The molecule has 110 valence electrons. The lowest BCUT2D eigenvalue weighted by Crippen LogP contribution is -2.22. The molecule has 0 fully saturated rings. The molecule has 0 unspecified atom stereocenters. The van der Waals surface area contributed by atoms with E-state index in [9.17, 15) is 22.7 Å². The number of nitrogens with one attached hydrogen (secondary N) is 1. The summed E-state index contributed by atoms with van der Waals surface area (Å²) in [5.74, 6) is -1.94. The van der Waals surface area contributed by atoms with Gasteiger partial charge in [0.15, 0.2) is 0 Å². The third-order valence-electron chi connectivity index (χ3n) is 2.78. The molecule has 21 heavy (non-hydrogen) atoms. The van der Waals surface area contributed by atoms with E-state index in [-0.39, 0.29) is 21.7 Å². The van der Waals surface area contributed by atoms with Gasteiger partial charge in [-0.1, -0.05) is 12.1 Å². The summed E-state index contributed by atoms with van der Waals surface area (Å²) in [5.41, 5.74) is 0.185. The molecule has 0 heterocycles.